The number of aromatic nitrogens is 3. The molecule has 0 bridgehead atoms. The quantitative estimate of drug-likeness (QED) is 0.429. The van der Waals surface area contributed by atoms with Gasteiger partial charge in [-0.2, -0.15) is 0 Å². The minimum absolute atomic E-state index is 0.271. The van der Waals surface area contributed by atoms with E-state index >= 15 is 0 Å². The number of ether oxygens (including phenoxy) is 2. The van der Waals surface area contributed by atoms with Crippen LogP contribution < -0.4 is 15.5 Å². The van der Waals surface area contributed by atoms with Gasteiger partial charge in [0, 0.05) is 67.5 Å². The zero-order valence-electron chi connectivity index (χ0n) is 19.4. The number of methoxy groups -OCH3 is 1. The van der Waals surface area contributed by atoms with Crippen molar-refractivity contribution in [2.45, 2.75) is 0 Å². The van der Waals surface area contributed by atoms with E-state index in [0.29, 0.717) is 37.9 Å². The number of hydrogen-bond donors (Lipinski definition) is 2. The second kappa shape index (κ2) is 9.66. The molecule has 34 heavy (non-hydrogen) atoms. The van der Waals surface area contributed by atoms with E-state index in [4.69, 9.17) is 19.4 Å². The number of amides is 2. The van der Waals surface area contributed by atoms with E-state index in [0.717, 1.165) is 46.3 Å². The number of benzene rings is 2. The summed E-state index contributed by atoms with van der Waals surface area (Å²) in [5.74, 6) is 1.58. The standard InChI is InChI=1S/C25H28N6O3/c1-30-11-9-19-21(30)8-7-20-22(19)28-23(29-24(20)31-12-15-34-16-13-31)17-3-5-18(6-4-17)27-25(32)26-10-14-33-2/h3-9,11H,10,12-16H2,1-2H3,(H2,26,27,32). The summed E-state index contributed by atoms with van der Waals surface area (Å²) < 4.78 is 12.6. The summed E-state index contributed by atoms with van der Waals surface area (Å²) >= 11 is 0. The zero-order valence-corrected chi connectivity index (χ0v) is 19.4. The molecule has 0 aliphatic carbocycles. The molecule has 9 heteroatoms. The third kappa shape index (κ3) is 4.40. The number of anilines is 2. The van der Waals surface area contributed by atoms with Crippen molar-refractivity contribution in [1.82, 2.24) is 19.9 Å². The lowest BCUT2D eigenvalue weighted by molar-refractivity contribution is 0.122. The summed E-state index contributed by atoms with van der Waals surface area (Å²) in [7, 11) is 3.64. The van der Waals surface area contributed by atoms with Crippen molar-refractivity contribution >= 4 is 39.3 Å². The first-order valence-corrected chi connectivity index (χ1v) is 11.4. The van der Waals surface area contributed by atoms with Crippen molar-refractivity contribution < 1.29 is 14.3 Å². The van der Waals surface area contributed by atoms with E-state index in [-0.39, 0.29) is 6.03 Å². The minimum atomic E-state index is -0.271. The molecule has 4 aromatic rings. The Balaban J connectivity index is 1.51. The second-order valence-electron chi connectivity index (χ2n) is 8.24. The molecule has 1 aliphatic rings. The van der Waals surface area contributed by atoms with Gasteiger partial charge in [-0.15, -0.1) is 0 Å². The molecule has 0 spiro atoms. The number of aryl methyl sites for hydroxylation is 1. The SMILES string of the molecule is COCCNC(=O)Nc1ccc(-c2nc(N3CCOCC3)c3ccc4c(ccn4C)c3n2)cc1. The predicted octanol–water partition coefficient (Wildman–Crippen LogP) is 3.39. The average Bonchev–Trinajstić information content (AvgIpc) is 3.25. The summed E-state index contributed by atoms with van der Waals surface area (Å²) in [4.78, 5) is 24.3. The average molecular weight is 461 g/mol. The van der Waals surface area contributed by atoms with E-state index in [1.165, 1.54) is 0 Å². The lowest BCUT2D eigenvalue weighted by atomic mass is 10.1. The molecule has 0 saturated carbocycles. The number of nitrogens with one attached hydrogen (secondary N) is 2. The van der Waals surface area contributed by atoms with Crippen LogP contribution in [-0.2, 0) is 16.5 Å². The molecule has 176 valence electrons. The summed E-state index contributed by atoms with van der Waals surface area (Å²) in [6, 6.07) is 13.7. The Labute approximate surface area is 197 Å². The molecule has 5 rings (SSSR count). The molecular weight excluding hydrogens is 432 g/mol. The van der Waals surface area contributed by atoms with Crippen LogP contribution in [0.1, 0.15) is 0 Å². The van der Waals surface area contributed by atoms with Crippen molar-refractivity contribution in [2.24, 2.45) is 7.05 Å². The van der Waals surface area contributed by atoms with Gasteiger partial charge in [0.2, 0.25) is 0 Å². The lowest BCUT2D eigenvalue weighted by Crippen LogP contribution is -2.37. The third-order valence-electron chi connectivity index (χ3n) is 6.01. The van der Waals surface area contributed by atoms with Gasteiger partial charge in [-0.1, -0.05) is 0 Å². The number of fused-ring (bicyclic) bond motifs is 3. The van der Waals surface area contributed by atoms with Gasteiger partial charge in [-0.3, -0.25) is 0 Å². The normalized spacial score (nSPS) is 14.0. The smallest absolute Gasteiger partial charge is 0.319 e. The third-order valence-corrected chi connectivity index (χ3v) is 6.01. The maximum absolute atomic E-state index is 12.0. The molecular formula is C25H28N6O3. The molecule has 2 N–H and O–H groups in total. The van der Waals surface area contributed by atoms with Crippen molar-refractivity contribution in [2.75, 3.05) is 56.8 Å². The Hall–Kier alpha value is -3.69. The van der Waals surface area contributed by atoms with Crippen molar-refractivity contribution in [3.05, 3.63) is 48.7 Å². The number of urea groups is 1. The topological polar surface area (TPSA) is 93.5 Å². The highest BCUT2D eigenvalue weighted by Crippen LogP contribution is 2.33. The summed E-state index contributed by atoms with van der Waals surface area (Å²) in [6.45, 7) is 3.86. The highest BCUT2D eigenvalue weighted by Gasteiger charge is 2.19. The van der Waals surface area contributed by atoms with Gasteiger partial charge in [-0.05, 0) is 42.5 Å². The number of carbonyl (C=O) groups is 1. The highest BCUT2D eigenvalue weighted by atomic mass is 16.5. The monoisotopic (exact) mass is 460 g/mol. The summed E-state index contributed by atoms with van der Waals surface area (Å²) in [5, 5.41) is 7.71. The maximum Gasteiger partial charge on any atom is 0.319 e. The van der Waals surface area contributed by atoms with Crippen LogP contribution in [0.3, 0.4) is 0 Å². The van der Waals surface area contributed by atoms with Crippen LogP contribution in [0.4, 0.5) is 16.3 Å². The van der Waals surface area contributed by atoms with E-state index in [1.54, 1.807) is 7.11 Å². The lowest BCUT2D eigenvalue weighted by Gasteiger charge is -2.29. The Morgan fingerprint density at radius 2 is 1.85 bits per heavy atom. The largest absolute Gasteiger partial charge is 0.383 e. The molecule has 2 aromatic carbocycles. The Morgan fingerprint density at radius 3 is 2.62 bits per heavy atom. The molecule has 0 radical (unpaired) electrons. The second-order valence-corrected chi connectivity index (χ2v) is 8.24. The molecule has 1 saturated heterocycles. The first kappa shape index (κ1) is 22.1. The molecule has 9 nitrogen and oxygen atoms in total. The highest BCUT2D eigenvalue weighted by molar-refractivity contribution is 6.08. The number of hydrogen-bond acceptors (Lipinski definition) is 6. The van der Waals surface area contributed by atoms with Crippen LogP contribution in [0.25, 0.3) is 33.2 Å². The van der Waals surface area contributed by atoms with Gasteiger partial charge < -0.3 is 29.6 Å². The van der Waals surface area contributed by atoms with Crippen molar-refractivity contribution in [3.63, 3.8) is 0 Å². The fourth-order valence-electron chi connectivity index (χ4n) is 4.22. The van der Waals surface area contributed by atoms with Gasteiger partial charge in [-0.25, -0.2) is 14.8 Å². The summed E-state index contributed by atoms with van der Waals surface area (Å²) in [6.07, 6.45) is 2.05. The molecule has 3 heterocycles. The van der Waals surface area contributed by atoms with Gasteiger partial charge in [0.15, 0.2) is 5.82 Å². The Morgan fingerprint density at radius 1 is 1.06 bits per heavy atom. The maximum atomic E-state index is 12.0. The number of morpholine rings is 1. The van der Waals surface area contributed by atoms with Crippen LogP contribution in [0, 0.1) is 0 Å². The number of rotatable bonds is 6. The molecule has 1 aliphatic heterocycles. The predicted molar refractivity (Wildman–Crippen MR) is 133 cm³/mol. The van der Waals surface area contributed by atoms with Crippen LogP contribution in [0.5, 0.6) is 0 Å². The van der Waals surface area contributed by atoms with Crippen LogP contribution in [-0.4, -0.2) is 67.1 Å². The van der Waals surface area contributed by atoms with E-state index < -0.39 is 0 Å². The van der Waals surface area contributed by atoms with E-state index in [1.807, 2.05) is 31.3 Å². The fraction of sp³-hybridized carbons (Fsp3) is 0.320. The van der Waals surface area contributed by atoms with Crippen LogP contribution >= 0.6 is 0 Å². The molecule has 0 unspecified atom stereocenters. The van der Waals surface area contributed by atoms with Gasteiger partial charge in [0.1, 0.15) is 5.82 Å². The van der Waals surface area contributed by atoms with Crippen LogP contribution in [0.2, 0.25) is 0 Å². The van der Waals surface area contributed by atoms with E-state index in [9.17, 15) is 4.79 Å². The molecule has 2 aromatic heterocycles. The van der Waals surface area contributed by atoms with Crippen molar-refractivity contribution in [3.8, 4) is 11.4 Å². The Kier molecular flexibility index (Phi) is 6.29. The fourth-order valence-corrected chi connectivity index (χ4v) is 4.22. The van der Waals surface area contributed by atoms with Gasteiger partial charge >= 0.3 is 6.03 Å². The van der Waals surface area contributed by atoms with Crippen molar-refractivity contribution in [1.29, 1.82) is 0 Å². The minimum Gasteiger partial charge on any atom is -0.383 e. The molecule has 1 fully saturated rings. The summed E-state index contributed by atoms with van der Waals surface area (Å²) in [5.41, 5.74) is 3.64. The molecule has 0 atom stereocenters. The molecule has 2 amide bonds. The van der Waals surface area contributed by atoms with E-state index in [2.05, 4.69) is 44.5 Å². The number of nitrogens with zero attached hydrogens (tertiary/aromatic N) is 4. The van der Waals surface area contributed by atoms with Gasteiger partial charge in [0.05, 0.1) is 25.3 Å². The van der Waals surface area contributed by atoms with Gasteiger partial charge in [0.25, 0.3) is 0 Å². The zero-order chi connectivity index (χ0) is 23.5. The number of carbonyl (C=O) groups excluding carboxylic acids is 1. The van der Waals surface area contributed by atoms with Crippen LogP contribution in [0.15, 0.2) is 48.7 Å². The first-order chi connectivity index (χ1) is 16.6. The first-order valence-electron chi connectivity index (χ1n) is 11.4. The Bertz CT molecular complexity index is 1310.